The number of hydrogen-bond donors (Lipinski definition) is 1. The minimum absolute atomic E-state index is 0.0127. The van der Waals surface area contributed by atoms with Gasteiger partial charge in [-0.1, -0.05) is 11.6 Å². The van der Waals surface area contributed by atoms with Crippen LogP contribution < -0.4 is 9.62 Å². The molecule has 2 aromatic carbocycles. The molecule has 0 radical (unpaired) electrons. The van der Waals surface area contributed by atoms with Crippen molar-refractivity contribution in [1.82, 2.24) is 10.3 Å². The number of fused-ring (bicyclic) bond motifs is 2. The number of halogens is 4. The zero-order valence-corrected chi connectivity index (χ0v) is 25.9. The third-order valence-corrected chi connectivity index (χ3v) is 12.6. The van der Waals surface area contributed by atoms with Crippen LogP contribution in [0.2, 0.25) is 5.02 Å². The largest absolute Gasteiger partial charge is 0.417 e. The summed E-state index contributed by atoms with van der Waals surface area (Å²) in [6.45, 7) is -0.264. The molecule has 6 rings (SSSR count). The Balaban J connectivity index is 1.38. The molecule has 2 fully saturated rings. The van der Waals surface area contributed by atoms with Crippen LogP contribution in [0.5, 0.6) is 0 Å². The van der Waals surface area contributed by atoms with Crippen molar-refractivity contribution in [2.24, 2.45) is 5.92 Å². The van der Waals surface area contributed by atoms with Crippen molar-refractivity contribution in [1.29, 1.82) is 5.26 Å². The van der Waals surface area contributed by atoms with Gasteiger partial charge in [-0.25, -0.2) is 16.8 Å². The summed E-state index contributed by atoms with van der Waals surface area (Å²) in [5, 5.41) is 11.5. The van der Waals surface area contributed by atoms with Crippen LogP contribution in [0.25, 0.3) is 0 Å². The third-order valence-electron chi connectivity index (χ3n) is 8.84. The highest BCUT2D eigenvalue weighted by atomic mass is 35.5. The van der Waals surface area contributed by atoms with E-state index in [0.29, 0.717) is 23.0 Å². The molecule has 1 N–H and O–H groups in total. The second-order valence-corrected chi connectivity index (χ2v) is 16.1. The van der Waals surface area contributed by atoms with Gasteiger partial charge in [0.05, 0.1) is 62.6 Å². The minimum atomic E-state index is -4.63. The molecule has 45 heavy (non-hydrogen) atoms. The molecule has 1 spiro atoms. The summed E-state index contributed by atoms with van der Waals surface area (Å²) >= 11 is 6.00. The Morgan fingerprint density at radius 2 is 1.78 bits per heavy atom. The van der Waals surface area contributed by atoms with Gasteiger partial charge in [-0.3, -0.25) is 14.1 Å². The van der Waals surface area contributed by atoms with Gasteiger partial charge in [-0.15, -0.1) is 0 Å². The van der Waals surface area contributed by atoms with E-state index in [1.807, 2.05) is 6.07 Å². The lowest BCUT2D eigenvalue weighted by molar-refractivity contribution is -0.137. The molecule has 2 aliphatic heterocycles. The van der Waals surface area contributed by atoms with Crippen molar-refractivity contribution >= 4 is 43.1 Å². The van der Waals surface area contributed by atoms with E-state index in [0.717, 1.165) is 18.9 Å². The number of aromatic nitrogens is 1. The zero-order valence-electron chi connectivity index (χ0n) is 23.5. The number of anilines is 1. The van der Waals surface area contributed by atoms with E-state index < -0.39 is 49.0 Å². The minimum Gasteiger partial charge on any atom is -0.346 e. The molecule has 0 bridgehead atoms. The number of benzene rings is 2. The van der Waals surface area contributed by atoms with Gasteiger partial charge in [0.15, 0.2) is 0 Å². The first-order chi connectivity index (χ1) is 21.2. The number of sulfone groups is 1. The molecule has 1 saturated heterocycles. The van der Waals surface area contributed by atoms with Crippen LogP contribution >= 0.6 is 11.6 Å². The fourth-order valence-electron chi connectivity index (χ4n) is 6.44. The number of pyridine rings is 1. The van der Waals surface area contributed by atoms with E-state index in [9.17, 15) is 40.1 Å². The molecule has 1 amide bonds. The molecule has 1 atom stereocenters. The number of hydrogen-bond acceptors (Lipinski definition) is 7. The van der Waals surface area contributed by atoms with Crippen LogP contribution in [-0.2, 0) is 38.0 Å². The van der Waals surface area contributed by atoms with Crippen LogP contribution in [-0.4, -0.2) is 45.3 Å². The summed E-state index contributed by atoms with van der Waals surface area (Å²) in [4.78, 5) is 17.0. The maximum absolute atomic E-state index is 14.2. The Hall–Kier alpha value is -3.67. The maximum atomic E-state index is 14.2. The predicted molar refractivity (Wildman–Crippen MR) is 159 cm³/mol. The van der Waals surface area contributed by atoms with Crippen LogP contribution in [0, 0.1) is 17.2 Å². The standard InChI is InChI=1S/C30H26ClF3N4O5S2/c31-24-14-21(30(32,33)34)16-36-25(24)17-37-28(39)20-5-8-26-23(13-20)29(9-11-44(40,41)12-10-29)27(19-3-4-19)38(26)45(42,43)22-6-1-18(15-35)2-7-22/h1-2,5-8,13-14,16,19,27H,3-4,9-12,17H2,(H,37,39)/t27-/m0/s1. The lowest BCUT2D eigenvalue weighted by Gasteiger charge is -2.41. The van der Waals surface area contributed by atoms with Crippen molar-refractivity contribution < 1.29 is 34.8 Å². The number of sulfonamides is 1. The Kier molecular flexibility index (Phi) is 7.65. The SMILES string of the molecule is N#Cc1ccc(S(=O)(=O)N2c3ccc(C(=O)NCc4ncc(C(F)(F)F)cc4Cl)cc3C3(CCS(=O)(=O)CC3)[C@@H]2C2CC2)cc1. The van der Waals surface area contributed by atoms with Gasteiger partial charge in [0.1, 0.15) is 9.84 Å². The molecular weight excluding hydrogens is 653 g/mol. The molecule has 1 aliphatic carbocycles. The molecule has 0 unspecified atom stereocenters. The first-order valence-corrected chi connectivity index (χ1v) is 17.7. The third kappa shape index (κ3) is 5.66. The Labute approximate surface area is 263 Å². The predicted octanol–water partition coefficient (Wildman–Crippen LogP) is 4.99. The fourth-order valence-corrected chi connectivity index (χ4v) is 10.0. The molecule has 15 heteroatoms. The second-order valence-electron chi connectivity index (χ2n) is 11.6. The first-order valence-electron chi connectivity index (χ1n) is 14.1. The summed E-state index contributed by atoms with van der Waals surface area (Å²) in [7, 11) is -7.50. The summed E-state index contributed by atoms with van der Waals surface area (Å²) in [5.74, 6) is -0.869. The number of rotatable bonds is 6. The summed E-state index contributed by atoms with van der Waals surface area (Å²) in [6, 6.07) is 12.3. The van der Waals surface area contributed by atoms with Crippen molar-refractivity contribution in [3.05, 3.63) is 87.7 Å². The van der Waals surface area contributed by atoms with Gasteiger partial charge in [-0.2, -0.15) is 18.4 Å². The number of carbonyl (C=O) groups excluding carboxylic acids is 1. The molecule has 1 saturated carbocycles. The highest BCUT2D eigenvalue weighted by Crippen LogP contribution is 2.59. The number of nitriles is 1. The molecular formula is C30H26ClF3N4O5S2. The summed E-state index contributed by atoms with van der Waals surface area (Å²) in [6.07, 6.45) is -2.11. The molecule has 236 valence electrons. The van der Waals surface area contributed by atoms with Gasteiger partial charge in [-0.05, 0) is 85.7 Å². The average molecular weight is 679 g/mol. The van der Waals surface area contributed by atoms with E-state index in [4.69, 9.17) is 11.6 Å². The second kappa shape index (κ2) is 11.0. The van der Waals surface area contributed by atoms with Gasteiger partial charge >= 0.3 is 6.18 Å². The van der Waals surface area contributed by atoms with E-state index >= 15 is 0 Å². The highest BCUT2D eigenvalue weighted by molar-refractivity contribution is 7.93. The normalized spacial score (nSPS) is 20.4. The molecule has 1 aromatic heterocycles. The smallest absolute Gasteiger partial charge is 0.346 e. The summed E-state index contributed by atoms with van der Waals surface area (Å²) < 4.78 is 94.0. The van der Waals surface area contributed by atoms with Crippen molar-refractivity contribution in [3.8, 4) is 6.07 Å². The van der Waals surface area contributed by atoms with E-state index in [1.165, 1.54) is 34.6 Å². The first kappa shape index (κ1) is 31.3. The highest BCUT2D eigenvalue weighted by Gasteiger charge is 2.60. The quantitative estimate of drug-likeness (QED) is 0.388. The van der Waals surface area contributed by atoms with Gasteiger partial charge in [0, 0.05) is 17.2 Å². The lowest BCUT2D eigenvalue weighted by atomic mass is 9.70. The average Bonchev–Trinajstić information content (AvgIpc) is 3.80. The number of carbonyl (C=O) groups is 1. The topological polar surface area (TPSA) is 137 Å². The number of alkyl halides is 3. The van der Waals surface area contributed by atoms with E-state index in [-0.39, 0.29) is 58.0 Å². The monoisotopic (exact) mass is 678 g/mol. The van der Waals surface area contributed by atoms with Gasteiger partial charge < -0.3 is 5.32 Å². The Morgan fingerprint density at radius 1 is 1.11 bits per heavy atom. The Morgan fingerprint density at radius 3 is 2.36 bits per heavy atom. The van der Waals surface area contributed by atoms with E-state index in [1.54, 1.807) is 12.1 Å². The zero-order chi connectivity index (χ0) is 32.4. The molecule has 9 nitrogen and oxygen atoms in total. The summed E-state index contributed by atoms with van der Waals surface area (Å²) in [5.41, 5.74) is -0.475. The van der Waals surface area contributed by atoms with Crippen LogP contribution in [0.1, 0.15) is 58.4 Å². The van der Waals surface area contributed by atoms with Crippen LogP contribution in [0.15, 0.2) is 59.6 Å². The van der Waals surface area contributed by atoms with Crippen LogP contribution in [0.3, 0.4) is 0 Å². The molecule has 3 heterocycles. The number of nitrogens with zero attached hydrogens (tertiary/aromatic N) is 3. The van der Waals surface area contributed by atoms with Gasteiger partial charge in [0.25, 0.3) is 15.9 Å². The molecule has 3 aliphatic rings. The molecule has 3 aromatic rings. The Bertz CT molecular complexity index is 1940. The van der Waals surface area contributed by atoms with Crippen molar-refractivity contribution in [2.45, 2.75) is 54.8 Å². The number of amides is 1. The fraction of sp³-hybridized carbons (Fsp3) is 0.367. The maximum Gasteiger partial charge on any atom is 0.417 e. The lowest BCUT2D eigenvalue weighted by Crippen LogP contribution is -2.52. The van der Waals surface area contributed by atoms with Crippen molar-refractivity contribution in [3.63, 3.8) is 0 Å². The van der Waals surface area contributed by atoms with E-state index in [2.05, 4.69) is 10.3 Å². The van der Waals surface area contributed by atoms with Gasteiger partial charge in [0.2, 0.25) is 0 Å². The number of nitrogens with one attached hydrogen (secondary N) is 1. The van der Waals surface area contributed by atoms with Crippen molar-refractivity contribution in [2.75, 3.05) is 15.8 Å². The van der Waals surface area contributed by atoms with Crippen LogP contribution in [0.4, 0.5) is 18.9 Å².